The van der Waals surface area contributed by atoms with Crippen LogP contribution in [0.25, 0.3) is 0 Å². The van der Waals surface area contributed by atoms with E-state index in [4.69, 9.17) is 23.2 Å². The number of nitrogens with one attached hydrogen (secondary N) is 1. The van der Waals surface area contributed by atoms with E-state index in [0.29, 0.717) is 10.0 Å². The molecule has 0 bridgehead atoms. The van der Waals surface area contributed by atoms with Gasteiger partial charge in [0.15, 0.2) is 0 Å². The molecule has 112 valence electrons. The second kappa shape index (κ2) is 7.79. The van der Waals surface area contributed by atoms with Gasteiger partial charge in [0.05, 0.1) is 21.8 Å². The minimum Gasteiger partial charge on any atom is -0.308 e. The maximum absolute atomic E-state index is 6.31. The van der Waals surface area contributed by atoms with Gasteiger partial charge in [0.2, 0.25) is 0 Å². The zero-order valence-electron chi connectivity index (χ0n) is 12.4. The van der Waals surface area contributed by atoms with Crippen LogP contribution in [-0.4, -0.2) is 11.5 Å². The molecule has 0 aliphatic heterocycles. The van der Waals surface area contributed by atoms with Gasteiger partial charge in [-0.15, -0.1) is 0 Å². The molecular weight excluding hydrogens is 303 g/mol. The zero-order valence-corrected chi connectivity index (χ0v) is 13.9. The van der Waals surface area contributed by atoms with Gasteiger partial charge < -0.3 is 5.32 Å². The summed E-state index contributed by atoms with van der Waals surface area (Å²) in [7, 11) is 0. The van der Waals surface area contributed by atoms with Crippen molar-refractivity contribution >= 4 is 23.2 Å². The van der Waals surface area contributed by atoms with Crippen LogP contribution in [0.4, 0.5) is 0 Å². The Bertz CT molecular complexity index is 582. The molecule has 0 radical (unpaired) electrons. The Labute approximate surface area is 136 Å². The highest BCUT2D eigenvalue weighted by atomic mass is 35.5. The minimum atomic E-state index is 0.0948. The first-order valence-corrected chi connectivity index (χ1v) is 7.95. The number of rotatable bonds is 6. The molecule has 1 unspecified atom stereocenters. The highest BCUT2D eigenvalue weighted by Gasteiger charge is 2.16. The van der Waals surface area contributed by atoms with Crippen LogP contribution in [-0.2, 0) is 6.42 Å². The number of hydrogen-bond acceptors (Lipinski definition) is 2. The number of aromatic nitrogens is 1. The van der Waals surface area contributed by atoms with Gasteiger partial charge in [-0.05, 0) is 37.9 Å². The van der Waals surface area contributed by atoms with E-state index >= 15 is 0 Å². The third kappa shape index (κ3) is 4.70. The Morgan fingerprint density at radius 1 is 1.19 bits per heavy atom. The Morgan fingerprint density at radius 3 is 2.52 bits per heavy atom. The largest absolute Gasteiger partial charge is 0.308 e. The van der Waals surface area contributed by atoms with Gasteiger partial charge in [-0.3, -0.25) is 4.98 Å². The van der Waals surface area contributed by atoms with Gasteiger partial charge in [0.25, 0.3) is 0 Å². The summed E-state index contributed by atoms with van der Waals surface area (Å²) >= 11 is 12.2. The second-order valence-electron chi connectivity index (χ2n) is 5.22. The molecule has 2 nitrogen and oxygen atoms in total. The Hall–Kier alpha value is -1.09. The van der Waals surface area contributed by atoms with Crippen molar-refractivity contribution in [3.05, 3.63) is 63.4 Å². The van der Waals surface area contributed by atoms with Gasteiger partial charge in [-0.2, -0.15) is 0 Å². The van der Waals surface area contributed by atoms with E-state index in [0.717, 1.165) is 25.1 Å². The molecule has 2 aromatic rings. The van der Waals surface area contributed by atoms with Crippen LogP contribution < -0.4 is 5.32 Å². The number of pyridine rings is 1. The van der Waals surface area contributed by atoms with E-state index in [9.17, 15) is 0 Å². The van der Waals surface area contributed by atoms with Crippen molar-refractivity contribution in [3.8, 4) is 0 Å². The Morgan fingerprint density at radius 2 is 1.90 bits per heavy atom. The maximum atomic E-state index is 6.31. The van der Waals surface area contributed by atoms with Crippen molar-refractivity contribution in [3.63, 3.8) is 0 Å². The monoisotopic (exact) mass is 322 g/mol. The summed E-state index contributed by atoms with van der Waals surface area (Å²) in [6.45, 7) is 5.16. The van der Waals surface area contributed by atoms with Gasteiger partial charge in [-0.25, -0.2) is 0 Å². The molecule has 1 N–H and O–H groups in total. The lowest BCUT2D eigenvalue weighted by molar-refractivity contribution is 0.518. The van der Waals surface area contributed by atoms with Crippen molar-refractivity contribution in [1.82, 2.24) is 10.3 Å². The zero-order chi connectivity index (χ0) is 15.2. The SMILES string of the molecule is CCCNC(Cc1ccc(C)cc1)c1ncc(Cl)cc1Cl. The summed E-state index contributed by atoms with van der Waals surface area (Å²) in [5, 5.41) is 4.70. The molecule has 0 saturated carbocycles. The lowest BCUT2D eigenvalue weighted by atomic mass is 10.0. The summed E-state index contributed by atoms with van der Waals surface area (Å²) in [4.78, 5) is 4.42. The summed E-state index contributed by atoms with van der Waals surface area (Å²) in [6.07, 6.45) is 3.57. The molecule has 21 heavy (non-hydrogen) atoms. The molecule has 1 aromatic heterocycles. The van der Waals surface area contributed by atoms with E-state index < -0.39 is 0 Å². The topological polar surface area (TPSA) is 24.9 Å². The number of aryl methyl sites for hydroxylation is 1. The molecule has 1 atom stereocenters. The molecule has 2 rings (SSSR count). The van der Waals surface area contributed by atoms with Gasteiger partial charge in [-0.1, -0.05) is 60.0 Å². The van der Waals surface area contributed by atoms with Crippen LogP contribution in [0, 0.1) is 6.92 Å². The fourth-order valence-electron chi connectivity index (χ4n) is 2.23. The Balaban J connectivity index is 2.22. The van der Waals surface area contributed by atoms with Crippen molar-refractivity contribution < 1.29 is 0 Å². The van der Waals surface area contributed by atoms with Crippen LogP contribution in [0.3, 0.4) is 0 Å². The average molecular weight is 323 g/mol. The van der Waals surface area contributed by atoms with E-state index in [1.807, 2.05) is 0 Å². The molecule has 1 heterocycles. The number of halogens is 2. The van der Waals surface area contributed by atoms with Crippen molar-refractivity contribution in [2.45, 2.75) is 32.7 Å². The predicted octanol–water partition coefficient (Wildman–Crippen LogP) is 4.98. The molecule has 0 spiro atoms. The highest BCUT2D eigenvalue weighted by molar-refractivity contribution is 6.34. The molecule has 1 aromatic carbocycles. The first-order valence-electron chi connectivity index (χ1n) is 7.20. The third-order valence-electron chi connectivity index (χ3n) is 3.37. The van der Waals surface area contributed by atoms with Gasteiger partial charge in [0.1, 0.15) is 0 Å². The van der Waals surface area contributed by atoms with E-state index in [2.05, 4.69) is 48.4 Å². The summed E-state index contributed by atoms with van der Waals surface area (Å²) in [5.74, 6) is 0. The third-order valence-corrected chi connectivity index (χ3v) is 3.88. The molecule has 4 heteroatoms. The summed E-state index contributed by atoms with van der Waals surface area (Å²) in [5.41, 5.74) is 3.39. The first-order chi connectivity index (χ1) is 10.1. The van der Waals surface area contributed by atoms with Crippen LogP contribution in [0.15, 0.2) is 36.5 Å². The second-order valence-corrected chi connectivity index (χ2v) is 6.06. The standard InChI is InChI=1S/C17H20Cl2N2/c1-3-8-20-16(9-13-6-4-12(2)5-7-13)17-15(19)10-14(18)11-21-17/h4-7,10-11,16,20H,3,8-9H2,1-2H3. The van der Waals surface area contributed by atoms with Gasteiger partial charge >= 0.3 is 0 Å². The molecule has 0 amide bonds. The van der Waals surface area contributed by atoms with Crippen LogP contribution in [0.1, 0.15) is 36.2 Å². The predicted molar refractivity (Wildman–Crippen MR) is 90.2 cm³/mol. The van der Waals surface area contributed by atoms with Crippen LogP contribution >= 0.6 is 23.2 Å². The van der Waals surface area contributed by atoms with E-state index in [-0.39, 0.29) is 6.04 Å². The molecule has 0 aliphatic carbocycles. The molecular formula is C17H20Cl2N2. The smallest absolute Gasteiger partial charge is 0.0763 e. The summed E-state index contributed by atoms with van der Waals surface area (Å²) < 4.78 is 0. The van der Waals surface area contributed by atoms with E-state index in [1.165, 1.54) is 11.1 Å². The fourth-order valence-corrected chi connectivity index (χ4v) is 2.74. The minimum absolute atomic E-state index is 0.0948. The van der Waals surface area contributed by atoms with Crippen molar-refractivity contribution in [1.29, 1.82) is 0 Å². The maximum Gasteiger partial charge on any atom is 0.0763 e. The molecule has 0 aliphatic rings. The molecule has 0 fully saturated rings. The first kappa shape index (κ1) is 16.3. The van der Waals surface area contributed by atoms with Gasteiger partial charge in [0, 0.05) is 6.20 Å². The van der Waals surface area contributed by atoms with E-state index in [1.54, 1.807) is 12.3 Å². The fraction of sp³-hybridized carbons (Fsp3) is 0.353. The average Bonchev–Trinajstić information content (AvgIpc) is 2.46. The van der Waals surface area contributed by atoms with Crippen molar-refractivity contribution in [2.75, 3.05) is 6.54 Å². The van der Waals surface area contributed by atoms with Crippen molar-refractivity contribution in [2.24, 2.45) is 0 Å². The highest BCUT2D eigenvalue weighted by Crippen LogP contribution is 2.26. The molecule has 0 saturated heterocycles. The number of hydrogen-bond donors (Lipinski definition) is 1. The lowest BCUT2D eigenvalue weighted by Gasteiger charge is -2.19. The van der Waals surface area contributed by atoms with Crippen LogP contribution in [0.5, 0.6) is 0 Å². The quantitative estimate of drug-likeness (QED) is 0.811. The number of benzene rings is 1. The lowest BCUT2D eigenvalue weighted by Crippen LogP contribution is -2.25. The Kier molecular flexibility index (Phi) is 6.04. The normalized spacial score (nSPS) is 12.4. The number of nitrogens with zero attached hydrogens (tertiary/aromatic N) is 1. The van der Waals surface area contributed by atoms with Crippen LogP contribution in [0.2, 0.25) is 10.0 Å². The summed E-state index contributed by atoms with van der Waals surface area (Å²) in [6, 6.07) is 10.4.